The number of hydrogen-bond donors (Lipinski definition) is 0. The van der Waals surface area contributed by atoms with Gasteiger partial charge in [-0.05, 0) is 25.1 Å². The molecule has 0 fully saturated rings. The number of thioether (sulfide) groups is 1. The van der Waals surface area contributed by atoms with Gasteiger partial charge in [0.2, 0.25) is 11.8 Å². The average Bonchev–Trinajstić information content (AvgIpc) is 2.96. The molecule has 0 saturated heterocycles. The highest BCUT2D eigenvalue weighted by atomic mass is 32.2. The van der Waals surface area contributed by atoms with E-state index in [0.717, 1.165) is 5.56 Å². The molecule has 2 aromatic heterocycles. The van der Waals surface area contributed by atoms with Crippen LogP contribution in [0.25, 0.3) is 11.5 Å². The topological polar surface area (TPSA) is 64.7 Å². The molecular weight excluding hydrogens is 272 g/mol. The third-order valence-corrected chi connectivity index (χ3v) is 3.49. The SMILES string of the molecule is Cc1ccc(-c2nnc(CSc3ncccn3)o2)cc1. The van der Waals surface area contributed by atoms with E-state index in [1.54, 1.807) is 18.5 Å². The van der Waals surface area contributed by atoms with Gasteiger partial charge in [-0.3, -0.25) is 0 Å². The first-order chi connectivity index (χ1) is 9.81. The Labute approximate surface area is 120 Å². The van der Waals surface area contributed by atoms with Gasteiger partial charge in [-0.15, -0.1) is 10.2 Å². The lowest BCUT2D eigenvalue weighted by Gasteiger charge is -1.96. The third kappa shape index (κ3) is 3.03. The number of benzene rings is 1. The summed E-state index contributed by atoms with van der Waals surface area (Å²) in [5, 5.41) is 8.79. The maximum atomic E-state index is 5.63. The van der Waals surface area contributed by atoms with E-state index in [-0.39, 0.29) is 0 Å². The molecule has 20 heavy (non-hydrogen) atoms. The van der Waals surface area contributed by atoms with Crippen LogP contribution in [0.4, 0.5) is 0 Å². The van der Waals surface area contributed by atoms with Crippen LogP contribution < -0.4 is 0 Å². The normalized spacial score (nSPS) is 10.7. The molecule has 5 nitrogen and oxygen atoms in total. The van der Waals surface area contributed by atoms with Crippen LogP contribution in [0.3, 0.4) is 0 Å². The molecule has 0 aliphatic carbocycles. The zero-order chi connectivity index (χ0) is 13.8. The molecule has 0 unspecified atom stereocenters. The smallest absolute Gasteiger partial charge is 0.247 e. The Balaban J connectivity index is 1.69. The first-order valence-corrected chi connectivity index (χ1v) is 7.09. The van der Waals surface area contributed by atoms with E-state index in [1.807, 2.05) is 31.2 Å². The standard InChI is InChI=1S/C14H12N4OS/c1-10-3-5-11(6-4-10)13-18-17-12(19-13)9-20-14-15-7-2-8-16-14/h2-8H,9H2,1H3. The molecule has 0 atom stereocenters. The molecule has 0 amide bonds. The molecular formula is C14H12N4OS. The number of rotatable bonds is 4. The molecule has 100 valence electrons. The highest BCUT2D eigenvalue weighted by Gasteiger charge is 2.09. The molecule has 0 N–H and O–H groups in total. The summed E-state index contributed by atoms with van der Waals surface area (Å²) in [5.74, 6) is 1.66. The second kappa shape index (κ2) is 5.83. The summed E-state index contributed by atoms with van der Waals surface area (Å²) in [6.07, 6.45) is 3.42. The second-order valence-corrected chi connectivity index (χ2v) is 5.13. The monoisotopic (exact) mass is 284 g/mol. The Morgan fingerprint density at radius 1 is 1.05 bits per heavy atom. The fourth-order valence-electron chi connectivity index (χ4n) is 1.61. The van der Waals surface area contributed by atoms with E-state index < -0.39 is 0 Å². The molecule has 3 rings (SSSR count). The van der Waals surface area contributed by atoms with Crippen LogP contribution in [0.5, 0.6) is 0 Å². The maximum absolute atomic E-state index is 5.63. The molecule has 0 radical (unpaired) electrons. The van der Waals surface area contributed by atoms with Gasteiger partial charge in [-0.1, -0.05) is 29.5 Å². The summed E-state index contributed by atoms with van der Waals surface area (Å²) in [7, 11) is 0. The van der Waals surface area contributed by atoms with Gasteiger partial charge in [0.05, 0.1) is 5.75 Å². The highest BCUT2D eigenvalue weighted by Crippen LogP contribution is 2.22. The first-order valence-electron chi connectivity index (χ1n) is 6.10. The van der Waals surface area contributed by atoms with Crippen molar-refractivity contribution in [2.75, 3.05) is 0 Å². The first kappa shape index (κ1) is 12.8. The van der Waals surface area contributed by atoms with E-state index in [1.165, 1.54) is 17.3 Å². The maximum Gasteiger partial charge on any atom is 0.247 e. The van der Waals surface area contributed by atoms with E-state index in [9.17, 15) is 0 Å². The lowest BCUT2D eigenvalue weighted by atomic mass is 10.1. The fourth-order valence-corrected chi connectivity index (χ4v) is 2.25. The Hall–Kier alpha value is -2.21. The van der Waals surface area contributed by atoms with Crippen LogP contribution in [0.1, 0.15) is 11.5 Å². The van der Waals surface area contributed by atoms with Crippen molar-refractivity contribution in [2.24, 2.45) is 0 Å². The van der Waals surface area contributed by atoms with Crippen molar-refractivity contribution < 1.29 is 4.42 Å². The van der Waals surface area contributed by atoms with Gasteiger partial charge in [-0.2, -0.15) is 0 Å². The summed E-state index contributed by atoms with van der Waals surface area (Å²) in [6, 6.07) is 9.77. The van der Waals surface area contributed by atoms with Crippen molar-refractivity contribution in [3.63, 3.8) is 0 Å². The minimum absolute atomic E-state index is 0.537. The van der Waals surface area contributed by atoms with E-state index in [2.05, 4.69) is 20.2 Å². The van der Waals surface area contributed by atoms with Crippen LogP contribution in [-0.2, 0) is 5.75 Å². The Morgan fingerprint density at radius 3 is 2.55 bits per heavy atom. The Bertz CT molecular complexity index is 682. The number of aromatic nitrogens is 4. The quantitative estimate of drug-likeness (QED) is 0.541. The fraction of sp³-hybridized carbons (Fsp3) is 0.143. The van der Waals surface area contributed by atoms with Crippen molar-refractivity contribution in [1.29, 1.82) is 0 Å². The lowest BCUT2D eigenvalue weighted by molar-refractivity contribution is 0.528. The summed E-state index contributed by atoms with van der Waals surface area (Å²) in [6.45, 7) is 2.04. The molecule has 1 aromatic carbocycles. The summed E-state index contributed by atoms with van der Waals surface area (Å²) in [4.78, 5) is 8.26. The van der Waals surface area contributed by atoms with Crippen molar-refractivity contribution >= 4 is 11.8 Å². The van der Waals surface area contributed by atoms with Crippen LogP contribution >= 0.6 is 11.8 Å². The molecule has 2 heterocycles. The van der Waals surface area contributed by atoms with Crippen LogP contribution in [0.2, 0.25) is 0 Å². The second-order valence-electron chi connectivity index (χ2n) is 4.19. The van der Waals surface area contributed by atoms with Crippen LogP contribution in [-0.4, -0.2) is 20.2 Å². The predicted octanol–water partition coefficient (Wildman–Crippen LogP) is 3.13. The Kier molecular flexibility index (Phi) is 3.73. The van der Waals surface area contributed by atoms with Gasteiger partial charge in [0, 0.05) is 18.0 Å². The summed E-state index contributed by atoms with van der Waals surface area (Å²) < 4.78 is 5.63. The third-order valence-electron chi connectivity index (χ3n) is 2.63. The zero-order valence-electron chi connectivity index (χ0n) is 10.9. The van der Waals surface area contributed by atoms with Crippen LogP contribution in [0, 0.1) is 6.92 Å². The van der Waals surface area contributed by atoms with E-state index in [4.69, 9.17) is 4.42 Å². The van der Waals surface area contributed by atoms with Gasteiger partial charge >= 0.3 is 0 Å². The van der Waals surface area contributed by atoms with Crippen molar-refractivity contribution in [1.82, 2.24) is 20.2 Å². The van der Waals surface area contributed by atoms with Gasteiger partial charge in [0.1, 0.15) is 0 Å². The molecule has 0 bridgehead atoms. The molecule has 0 aliphatic rings. The van der Waals surface area contributed by atoms with Gasteiger partial charge in [-0.25, -0.2) is 9.97 Å². The summed E-state index contributed by atoms with van der Waals surface area (Å²) in [5.41, 5.74) is 2.13. The van der Waals surface area contributed by atoms with E-state index >= 15 is 0 Å². The van der Waals surface area contributed by atoms with Gasteiger partial charge in [0.15, 0.2) is 5.16 Å². The van der Waals surface area contributed by atoms with Crippen molar-refractivity contribution in [2.45, 2.75) is 17.8 Å². The minimum Gasteiger partial charge on any atom is -0.420 e. The summed E-state index contributed by atoms with van der Waals surface area (Å²) >= 11 is 1.47. The number of aryl methyl sites for hydroxylation is 1. The van der Waals surface area contributed by atoms with Crippen molar-refractivity contribution in [3.05, 3.63) is 54.2 Å². The lowest BCUT2D eigenvalue weighted by Crippen LogP contribution is -1.85. The number of nitrogens with zero attached hydrogens (tertiary/aromatic N) is 4. The minimum atomic E-state index is 0.537. The molecule has 0 aliphatic heterocycles. The molecule has 0 spiro atoms. The average molecular weight is 284 g/mol. The molecule has 0 saturated carbocycles. The Morgan fingerprint density at radius 2 is 1.80 bits per heavy atom. The van der Waals surface area contributed by atoms with Crippen molar-refractivity contribution in [3.8, 4) is 11.5 Å². The highest BCUT2D eigenvalue weighted by molar-refractivity contribution is 7.98. The van der Waals surface area contributed by atoms with Gasteiger partial charge < -0.3 is 4.42 Å². The largest absolute Gasteiger partial charge is 0.420 e. The predicted molar refractivity (Wildman–Crippen MR) is 76.1 cm³/mol. The van der Waals surface area contributed by atoms with E-state index in [0.29, 0.717) is 22.7 Å². The molecule has 3 aromatic rings. The molecule has 6 heteroatoms. The zero-order valence-corrected chi connectivity index (χ0v) is 11.7. The number of hydrogen-bond acceptors (Lipinski definition) is 6. The van der Waals surface area contributed by atoms with Gasteiger partial charge in [0.25, 0.3) is 0 Å². The van der Waals surface area contributed by atoms with Crippen LogP contribution in [0.15, 0.2) is 52.3 Å².